The third-order valence-electron chi connectivity index (χ3n) is 9.60. The van der Waals surface area contributed by atoms with Crippen molar-refractivity contribution in [3.63, 3.8) is 0 Å². The number of nitrogens with one attached hydrogen (secondary N) is 2. The summed E-state index contributed by atoms with van der Waals surface area (Å²) in [5.74, 6) is 0. The van der Waals surface area contributed by atoms with Crippen molar-refractivity contribution in [1.82, 2.24) is 19.9 Å². The maximum Gasteiger partial charge on any atom is 2.00 e. The van der Waals surface area contributed by atoms with Gasteiger partial charge in [-0.05, 0) is 97.1 Å². The van der Waals surface area contributed by atoms with Gasteiger partial charge in [0.05, 0.1) is 63.0 Å². The third kappa shape index (κ3) is 8.23. The summed E-state index contributed by atoms with van der Waals surface area (Å²) in [6, 6.07) is 29.3. The average molecular weight is 1060 g/mol. The van der Waals surface area contributed by atoms with Crippen LogP contribution in [0.2, 0.25) is 40.2 Å². The van der Waals surface area contributed by atoms with Crippen LogP contribution in [0, 0.1) is 0 Å². The SMILES string of the molecule is Clc1cccc(Cl)c1-c1c2nc(c(-c3c(Cl)cccc3Cl)c3ccc([nH]3)c(-c3c(Cl)cccc3Cl)c3ccc([nH]3)c(-c3c(Cl)cccc3Cl)c3nc1C=C3)C=C2.[Cl-].[Cl-].[Ru+2]. The van der Waals surface area contributed by atoms with Crippen LogP contribution in [0.5, 0.6) is 0 Å². The monoisotopic (exact) mass is 1060 g/mol. The summed E-state index contributed by atoms with van der Waals surface area (Å²) in [7, 11) is 0. The van der Waals surface area contributed by atoms with Gasteiger partial charge in [0.1, 0.15) is 0 Å². The van der Waals surface area contributed by atoms with E-state index >= 15 is 0 Å². The molecule has 0 fully saturated rings. The van der Waals surface area contributed by atoms with E-state index in [1.165, 1.54) is 0 Å². The summed E-state index contributed by atoms with van der Waals surface area (Å²) < 4.78 is 0. The van der Waals surface area contributed by atoms with Gasteiger partial charge in [-0.2, -0.15) is 0 Å². The van der Waals surface area contributed by atoms with Crippen LogP contribution in [0.4, 0.5) is 0 Å². The molecule has 4 nitrogen and oxygen atoms in total. The molecule has 9 rings (SSSR count). The van der Waals surface area contributed by atoms with Gasteiger partial charge in [0.15, 0.2) is 0 Å². The predicted octanol–water partition coefficient (Wildman–Crippen LogP) is 10.6. The van der Waals surface area contributed by atoms with E-state index in [0.29, 0.717) is 130 Å². The Balaban J connectivity index is 0.00000195. The molecule has 5 heterocycles. The fourth-order valence-corrected chi connectivity index (χ4v) is 9.55. The van der Waals surface area contributed by atoms with Crippen LogP contribution >= 0.6 is 92.8 Å². The summed E-state index contributed by atoms with van der Waals surface area (Å²) >= 11 is 55.6. The number of nitrogens with zero attached hydrogens (tertiary/aromatic N) is 2. The topological polar surface area (TPSA) is 57.4 Å². The van der Waals surface area contributed by atoms with Gasteiger partial charge in [-0.15, -0.1) is 0 Å². The normalized spacial score (nSPS) is 11.5. The molecule has 7 aromatic rings. The van der Waals surface area contributed by atoms with E-state index in [2.05, 4.69) is 9.97 Å². The Morgan fingerprint density at radius 3 is 0.797 bits per heavy atom. The first kappa shape index (κ1) is 45.5. The Morgan fingerprint density at radius 1 is 0.288 bits per heavy atom. The van der Waals surface area contributed by atoms with Crippen LogP contribution in [0.3, 0.4) is 0 Å². The molecule has 2 aliphatic heterocycles. The van der Waals surface area contributed by atoms with Crippen LogP contribution < -0.4 is 24.8 Å². The quantitative estimate of drug-likeness (QED) is 0.173. The van der Waals surface area contributed by atoms with Crippen LogP contribution in [0.1, 0.15) is 22.8 Å². The van der Waals surface area contributed by atoms with Crippen molar-refractivity contribution in [2.75, 3.05) is 0 Å². The summed E-state index contributed by atoms with van der Waals surface area (Å²) in [6.07, 6.45) is 7.62. The maximum atomic E-state index is 6.96. The fourth-order valence-electron chi connectivity index (χ4n) is 7.20. The molecule has 0 amide bonds. The van der Waals surface area contributed by atoms with Gasteiger partial charge in [-0.3, -0.25) is 0 Å². The van der Waals surface area contributed by atoms with Gasteiger partial charge in [0, 0.05) is 66.6 Å². The van der Waals surface area contributed by atoms with Gasteiger partial charge >= 0.3 is 19.5 Å². The largest absolute Gasteiger partial charge is 2.00 e. The van der Waals surface area contributed by atoms with Crippen LogP contribution in [-0.2, 0) is 19.5 Å². The van der Waals surface area contributed by atoms with Gasteiger partial charge in [0.2, 0.25) is 0 Å². The second-order valence-electron chi connectivity index (χ2n) is 12.9. The molecule has 4 aromatic carbocycles. The van der Waals surface area contributed by atoms with E-state index in [-0.39, 0.29) is 44.3 Å². The zero-order valence-corrected chi connectivity index (χ0v) is 38.9. The van der Waals surface area contributed by atoms with E-state index in [1.54, 1.807) is 72.8 Å². The Labute approximate surface area is 404 Å². The number of aromatic nitrogens is 4. The molecule has 296 valence electrons. The number of aromatic amines is 2. The van der Waals surface area contributed by atoms with Crippen molar-refractivity contribution in [1.29, 1.82) is 0 Å². The zero-order chi connectivity index (χ0) is 38.8. The number of hydrogen-bond donors (Lipinski definition) is 2. The number of halogens is 10. The molecule has 59 heavy (non-hydrogen) atoms. The molecule has 15 heteroatoms. The van der Waals surface area contributed by atoms with Crippen LogP contribution in [0.25, 0.3) is 90.9 Å². The second-order valence-corrected chi connectivity index (χ2v) is 16.1. The summed E-state index contributed by atoms with van der Waals surface area (Å²) in [6.45, 7) is 0. The molecule has 0 atom stereocenters. The van der Waals surface area contributed by atoms with E-state index in [4.69, 9.17) is 103 Å². The summed E-state index contributed by atoms with van der Waals surface area (Å²) in [4.78, 5) is 17.8. The first-order chi connectivity index (χ1) is 27.1. The number of rotatable bonds is 4. The van der Waals surface area contributed by atoms with Crippen molar-refractivity contribution in [2.24, 2.45) is 0 Å². The minimum Gasteiger partial charge on any atom is -1.00 e. The minimum absolute atomic E-state index is 0. The molecule has 0 unspecified atom stereocenters. The summed E-state index contributed by atoms with van der Waals surface area (Å²) in [5.41, 5.74) is 10.1. The van der Waals surface area contributed by atoms with E-state index in [0.717, 1.165) is 0 Å². The van der Waals surface area contributed by atoms with E-state index in [9.17, 15) is 0 Å². The molecular weight excluding hydrogens is 1040 g/mol. The van der Waals surface area contributed by atoms with Crippen molar-refractivity contribution in [3.8, 4) is 44.5 Å². The number of benzene rings is 4. The first-order valence-corrected chi connectivity index (χ1v) is 20.0. The minimum atomic E-state index is 0. The molecule has 2 N–H and O–H groups in total. The molecule has 2 aliphatic rings. The molecule has 0 radical (unpaired) electrons. The molecule has 0 saturated heterocycles. The molecule has 0 saturated carbocycles. The average Bonchev–Trinajstić information content (AvgIpc) is 4.00. The van der Waals surface area contributed by atoms with Gasteiger partial charge < -0.3 is 34.8 Å². The van der Waals surface area contributed by atoms with Crippen molar-refractivity contribution < 1.29 is 44.3 Å². The molecular formula is C44H22Cl10N4Ru. The number of fused-ring (bicyclic) bond motifs is 8. The predicted molar refractivity (Wildman–Crippen MR) is 241 cm³/mol. The molecule has 8 bridgehead atoms. The second kappa shape index (κ2) is 18.5. The third-order valence-corrected chi connectivity index (χ3v) is 12.1. The van der Waals surface area contributed by atoms with Crippen LogP contribution in [-0.4, -0.2) is 19.9 Å². The van der Waals surface area contributed by atoms with Gasteiger partial charge in [-0.25, -0.2) is 9.97 Å². The number of H-pyrrole nitrogens is 2. The first-order valence-electron chi connectivity index (χ1n) is 17.0. The Hall–Kier alpha value is -3.00. The molecule has 0 aliphatic carbocycles. The van der Waals surface area contributed by atoms with Crippen molar-refractivity contribution in [3.05, 3.63) is 160 Å². The van der Waals surface area contributed by atoms with Crippen molar-refractivity contribution >= 4 is 139 Å². The Kier molecular flexibility index (Phi) is 14.3. The van der Waals surface area contributed by atoms with E-state index < -0.39 is 0 Å². The Bertz CT molecular complexity index is 2810. The Morgan fingerprint density at radius 2 is 0.508 bits per heavy atom. The van der Waals surface area contributed by atoms with Crippen molar-refractivity contribution in [2.45, 2.75) is 0 Å². The van der Waals surface area contributed by atoms with Gasteiger partial charge in [-0.1, -0.05) is 117 Å². The molecule has 3 aromatic heterocycles. The summed E-state index contributed by atoms with van der Waals surface area (Å²) in [5, 5.41) is 3.53. The van der Waals surface area contributed by atoms with E-state index in [1.807, 2.05) is 48.6 Å². The fraction of sp³-hybridized carbons (Fsp3) is 0. The zero-order valence-electron chi connectivity index (χ0n) is 29.6. The maximum absolute atomic E-state index is 6.96. The standard InChI is InChI=1S/C44H22Cl8N4.2ClH.Ru/c45-21-5-1-6-22(46)37(21)41-29-13-15-31(53-29)42(38-23(47)7-2-8-24(38)48)33-17-19-35(55-33)44(40-27(51)11-4-12-28(40)52)36-20-18-34(56-36)43(32-16-14-30(41)54-32)39-25(49)9-3-10-26(39)50;;;/h1-20,53-54H;2*1H;/q;;;+2/p-2. The van der Waals surface area contributed by atoms with Crippen LogP contribution in [0.15, 0.2) is 97.1 Å². The number of hydrogen-bond acceptors (Lipinski definition) is 2. The van der Waals surface area contributed by atoms with Gasteiger partial charge in [0.25, 0.3) is 0 Å². The smallest absolute Gasteiger partial charge is 1.00 e. The molecule has 0 spiro atoms.